The molecule has 5 nitrogen and oxygen atoms in total. The second-order valence-electron chi connectivity index (χ2n) is 4.50. The zero-order valence-electron chi connectivity index (χ0n) is 11.5. The number of thioether (sulfide) groups is 1. The molecule has 4 heterocycles. The number of thiophene rings is 2. The number of hydrogen-bond donors (Lipinski definition) is 0. The minimum Gasteiger partial charge on any atom is -0.419 e. The largest absolute Gasteiger partial charge is 0.419 e. The van der Waals surface area contributed by atoms with Crippen molar-refractivity contribution in [1.82, 2.24) is 20.2 Å². The summed E-state index contributed by atoms with van der Waals surface area (Å²) in [5, 5.41) is 13.3. The monoisotopic (exact) mass is 346 g/mol. The Labute approximate surface area is 138 Å². The average Bonchev–Trinajstić information content (AvgIpc) is 3.27. The van der Waals surface area contributed by atoms with Gasteiger partial charge in [-0.1, -0.05) is 17.8 Å². The molecule has 110 valence electrons. The van der Waals surface area contributed by atoms with Gasteiger partial charge in [0, 0.05) is 0 Å². The summed E-state index contributed by atoms with van der Waals surface area (Å²) in [6.45, 7) is 2.04. The molecule has 0 amide bonds. The molecule has 0 unspecified atom stereocenters. The Morgan fingerprint density at radius 1 is 1.14 bits per heavy atom. The van der Waals surface area contributed by atoms with Crippen LogP contribution in [-0.2, 0) is 0 Å². The second-order valence-corrected chi connectivity index (χ2v) is 7.69. The first-order valence-electron chi connectivity index (χ1n) is 6.53. The summed E-state index contributed by atoms with van der Waals surface area (Å²) in [6, 6.07) is 5.94. The Hall–Kier alpha value is -1.77. The molecule has 0 fully saturated rings. The van der Waals surface area contributed by atoms with Gasteiger partial charge in [-0.3, -0.25) is 0 Å². The maximum atomic E-state index is 5.78. The third kappa shape index (κ3) is 2.53. The first kappa shape index (κ1) is 13.9. The Morgan fingerprint density at radius 3 is 2.95 bits per heavy atom. The van der Waals surface area contributed by atoms with Gasteiger partial charge in [0.15, 0.2) is 0 Å². The van der Waals surface area contributed by atoms with Gasteiger partial charge in [0.05, 0.1) is 20.3 Å². The third-order valence-corrected chi connectivity index (χ3v) is 6.00. The Kier molecular flexibility index (Phi) is 3.65. The second kappa shape index (κ2) is 5.79. The van der Waals surface area contributed by atoms with E-state index in [9.17, 15) is 0 Å². The predicted molar refractivity (Wildman–Crippen MR) is 89.3 cm³/mol. The van der Waals surface area contributed by atoms with Gasteiger partial charge in [-0.15, -0.1) is 32.9 Å². The summed E-state index contributed by atoms with van der Waals surface area (Å²) in [5.74, 6) is 1.18. The van der Waals surface area contributed by atoms with E-state index in [1.165, 1.54) is 0 Å². The first-order chi connectivity index (χ1) is 10.8. The van der Waals surface area contributed by atoms with Gasteiger partial charge >= 0.3 is 0 Å². The van der Waals surface area contributed by atoms with Crippen molar-refractivity contribution in [1.29, 1.82) is 0 Å². The molecule has 0 aliphatic carbocycles. The molecular weight excluding hydrogens is 336 g/mol. The van der Waals surface area contributed by atoms with Crippen molar-refractivity contribution in [2.75, 3.05) is 0 Å². The lowest BCUT2D eigenvalue weighted by Crippen LogP contribution is -1.91. The maximum absolute atomic E-state index is 5.78. The zero-order chi connectivity index (χ0) is 14.9. The molecule has 0 radical (unpaired) electrons. The van der Waals surface area contributed by atoms with Crippen molar-refractivity contribution in [2.24, 2.45) is 0 Å². The molecule has 4 aromatic heterocycles. The van der Waals surface area contributed by atoms with Gasteiger partial charge in [-0.05, 0) is 29.8 Å². The lowest BCUT2D eigenvalue weighted by atomic mass is 10.5. The van der Waals surface area contributed by atoms with Crippen LogP contribution < -0.4 is 0 Å². The molecule has 8 heteroatoms. The molecule has 4 rings (SSSR count). The van der Waals surface area contributed by atoms with E-state index in [1.807, 2.05) is 35.9 Å². The van der Waals surface area contributed by atoms with E-state index in [0.717, 1.165) is 20.1 Å². The van der Waals surface area contributed by atoms with Crippen LogP contribution in [0.2, 0.25) is 0 Å². The van der Waals surface area contributed by atoms with Crippen LogP contribution in [0.1, 0.15) is 18.1 Å². The molecular formula is C14H10N4OS3. The minimum absolute atomic E-state index is 0.0291. The summed E-state index contributed by atoms with van der Waals surface area (Å²) < 4.78 is 6.88. The molecule has 0 bridgehead atoms. The van der Waals surface area contributed by atoms with Crippen LogP contribution in [0.25, 0.3) is 21.0 Å². The molecule has 22 heavy (non-hydrogen) atoms. The van der Waals surface area contributed by atoms with E-state index in [1.54, 1.807) is 40.8 Å². The quantitative estimate of drug-likeness (QED) is 0.396. The summed E-state index contributed by atoms with van der Waals surface area (Å²) >= 11 is 4.84. The number of rotatable bonds is 4. The number of aromatic nitrogens is 4. The van der Waals surface area contributed by atoms with E-state index in [-0.39, 0.29) is 5.25 Å². The normalized spacial score (nSPS) is 12.8. The molecule has 4 aromatic rings. The topological polar surface area (TPSA) is 64.7 Å². The average molecular weight is 346 g/mol. The van der Waals surface area contributed by atoms with Crippen LogP contribution in [0, 0.1) is 0 Å². The van der Waals surface area contributed by atoms with Crippen molar-refractivity contribution >= 4 is 44.7 Å². The highest BCUT2D eigenvalue weighted by molar-refractivity contribution is 7.99. The summed E-state index contributed by atoms with van der Waals surface area (Å²) in [4.78, 5) is 9.62. The van der Waals surface area contributed by atoms with Gasteiger partial charge < -0.3 is 4.42 Å². The van der Waals surface area contributed by atoms with Gasteiger partial charge in [-0.2, -0.15) is 0 Å². The molecule has 0 N–H and O–H groups in total. The lowest BCUT2D eigenvalue weighted by Gasteiger charge is -2.06. The van der Waals surface area contributed by atoms with Gasteiger partial charge in [-0.25, -0.2) is 9.97 Å². The lowest BCUT2D eigenvalue weighted by molar-refractivity contribution is 0.510. The van der Waals surface area contributed by atoms with Crippen molar-refractivity contribution in [3.63, 3.8) is 0 Å². The summed E-state index contributed by atoms with van der Waals surface area (Å²) in [6.07, 6.45) is 1.59. The minimum atomic E-state index is 0.0291. The molecule has 0 aliphatic heterocycles. The van der Waals surface area contributed by atoms with Crippen molar-refractivity contribution in [3.05, 3.63) is 41.2 Å². The molecule has 0 spiro atoms. The SMILES string of the molecule is C[C@H](Sc1ncnc2ccsc12)c1nnc(-c2cccs2)o1. The molecule has 0 aliphatic rings. The standard InChI is InChI=1S/C14H10N4OS3/c1-8(12-17-18-13(19-12)10-3-2-5-20-10)22-14-11-9(4-6-21-11)15-7-16-14/h2-8H,1H3/t8-/m0/s1. The number of hydrogen-bond acceptors (Lipinski definition) is 8. The van der Waals surface area contributed by atoms with Gasteiger partial charge in [0.2, 0.25) is 5.89 Å². The van der Waals surface area contributed by atoms with E-state index in [0.29, 0.717) is 11.8 Å². The van der Waals surface area contributed by atoms with Crippen molar-refractivity contribution in [3.8, 4) is 10.8 Å². The van der Waals surface area contributed by atoms with E-state index >= 15 is 0 Å². The van der Waals surface area contributed by atoms with E-state index in [4.69, 9.17) is 4.42 Å². The summed E-state index contributed by atoms with van der Waals surface area (Å²) in [5.41, 5.74) is 0.972. The van der Waals surface area contributed by atoms with Gasteiger partial charge in [0.1, 0.15) is 11.4 Å². The highest BCUT2D eigenvalue weighted by atomic mass is 32.2. The van der Waals surface area contributed by atoms with E-state index in [2.05, 4.69) is 20.2 Å². The highest BCUT2D eigenvalue weighted by Gasteiger charge is 2.18. The molecule has 0 aromatic carbocycles. The van der Waals surface area contributed by atoms with Crippen LogP contribution in [0.15, 0.2) is 44.7 Å². The fourth-order valence-electron chi connectivity index (χ4n) is 1.97. The smallest absolute Gasteiger partial charge is 0.257 e. The molecule has 1 atom stereocenters. The Balaban J connectivity index is 1.60. The van der Waals surface area contributed by atoms with Crippen LogP contribution in [0.3, 0.4) is 0 Å². The van der Waals surface area contributed by atoms with Crippen LogP contribution in [-0.4, -0.2) is 20.2 Å². The zero-order valence-corrected chi connectivity index (χ0v) is 13.9. The molecule has 0 saturated heterocycles. The summed E-state index contributed by atoms with van der Waals surface area (Å²) in [7, 11) is 0. The third-order valence-electron chi connectivity index (χ3n) is 3.02. The van der Waals surface area contributed by atoms with Crippen molar-refractivity contribution < 1.29 is 4.42 Å². The van der Waals surface area contributed by atoms with E-state index < -0.39 is 0 Å². The van der Waals surface area contributed by atoms with Crippen molar-refractivity contribution in [2.45, 2.75) is 17.2 Å². The van der Waals surface area contributed by atoms with Gasteiger partial charge in [0.25, 0.3) is 5.89 Å². The fraction of sp³-hybridized carbons (Fsp3) is 0.143. The highest BCUT2D eigenvalue weighted by Crippen LogP contribution is 2.38. The maximum Gasteiger partial charge on any atom is 0.257 e. The predicted octanol–water partition coefficient (Wildman–Crippen LogP) is 4.66. The molecule has 0 saturated carbocycles. The van der Waals surface area contributed by atoms with Crippen LogP contribution in [0.4, 0.5) is 0 Å². The van der Waals surface area contributed by atoms with Crippen LogP contribution >= 0.6 is 34.4 Å². The number of fused-ring (bicyclic) bond motifs is 1. The first-order valence-corrected chi connectivity index (χ1v) is 9.17. The Bertz CT molecular complexity index is 900. The van der Waals surface area contributed by atoms with Crippen LogP contribution in [0.5, 0.6) is 0 Å². The fourth-order valence-corrected chi connectivity index (χ4v) is 4.48. The Morgan fingerprint density at radius 2 is 2.09 bits per heavy atom. The number of nitrogens with zero attached hydrogens (tertiary/aromatic N) is 4.